The molecule has 18 heavy (non-hydrogen) atoms. The molecule has 0 fully saturated rings. The molecule has 0 aliphatic heterocycles. The van der Waals surface area contributed by atoms with E-state index in [-0.39, 0.29) is 5.97 Å². The van der Waals surface area contributed by atoms with E-state index in [1.807, 2.05) is 30.8 Å². The molecule has 5 nitrogen and oxygen atoms in total. The van der Waals surface area contributed by atoms with Gasteiger partial charge in [0.05, 0.1) is 24.4 Å². The molecular formula is C13H17N3O2. The maximum Gasteiger partial charge on any atom is 0.339 e. The van der Waals surface area contributed by atoms with Gasteiger partial charge in [-0.1, -0.05) is 0 Å². The Morgan fingerprint density at radius 3 is 2.89 bits per heavy atom. The van der Waals surface area contributed by atoms with Crippen LogP contribution in [0.4, 0.5) is 0 Å². The van der Waals surface area contributed by atoms with E-state index in [0.717, 1.165) is 24.3 Å². The molecule has 0 aromatic carbocycles. The van der Waals surface area contributed by atoms with Crippen molar-refractivity contribution in [3.05, 3.63) is 35.9 Å². The van der Waals surface area contributed by atoms with Crippen molar-refractivity contribution in [1.82, 2.24) is 14.3 Å². The molecule has 0 saturated heterocycles. The Morgan fingerprint density at radius 2 is 2.22 bits per heavy atom. The molecule has 0 amide bonds. The van der Waals surface area contributed by atoms with Crippen molar-refractivity contribution < 1.29 is 9.53 Å². The van der Waals surface area contributed by atoms with Gasteiger partial charge in [0.25, 0.3) is 0 Å². The van der Waals surface area contributed by atoms with E-state index < -0.39 is 0 Å². The molecule has 0 N–H and O–H groups in total. The van der Waals surface area contributed by atoms with Crippen molar-refractivity contribution in [3.8, 4) is 0 Å². The average Bonchev–Trinajstić information content (AvgIpc) is 2.77. The predicted octanol–water partition coefficient (Wildman–Crippen LogP) is 1.22. The second-order valence-electron chi connectivity index (χ2n) is 4.43. The van der Waals surface area contributed by atoms with Crippen LogP contribution in [0.1, 0.15) is 16.2 Å². The van der Waals surface area contributed by atoms with E-state index in [9.17, 15) is 4.79 Å². The van der Waals surface area contributed by atoms with Gasteiger partial charge in [-0.25, -0.2) is 9.78 Å². The Bertz CT molecular complexity index is 560. The number of aromatic nitrogens is 2. The highest BCUT2D eigenvalue weighted by atomic mass is 16.5. The average molecular weight is 247 g/mol. The fourth-order valence-corrected chi connectivity index (χ4v) is 1.79. The van der Waals surface area contributed by atoms with Crippen molar-refractivity contribution in [3.63, 3.8) is 0 Å². The summed E-state index contributed by atoms with van der Waals surface area (Å²) in [7, 11) is 5.43. The predicted molar refractivity (Wildman–Crippen MR) is 68.8 cm³/mol. The molecule has 5 heteroatoms. The molecule has 96 valence electrons. The van der Waals surface area contributed by atoms with Crippen molar-refractivity contribution >= 4 is 11.5 Å². The Balaban J connectivity index is 2.34. The second-order valence-corrected chi connectivity index (χ2v) is 4.43. The number of hydrogen-bond donors (Lipinski definition) is 0. The first-order chi connectivity index (χ1) is 8.61. The maximum atomic E-state index is 11.5. The summed E-state index contributed by atoms with van der Waals surface area (Å²) in [4.78, 5) is 18.0. The second kappa shape index (κ2) is 5.18. The Kier molecular flexibility index (Phi) is 3.62. The first kappa shape index (κ1) is 12.6. The van der Waals surface area contributed by atoms with Crippen LogP contribution >= 0.6 is 0 Å². The molecule has 0 atom stereocenters. The molecule has 2 aromatic heterocycles. The van der Waals surface area contributed by atoms with Crippen molar-refractivity contribution in [2.75, 3.05) is 27.7 Å². The highest BCUT2D eigenvalue weighted by Crippen LogP contribution is 2.11. The van der Waals surface area contributed by atoms with E-state index in [1.165, 1.54) is 7.11 Å². The number of carbonyl (C=O) groups is 1. The van der Waals surface area contributed by atoms with E-state index in [4.69, 9.17) is 4.74 Å². The van der Waals surface area contributed by atoms with Crippen LogP contribution in [0.25, 0.3) is 5.52 Å². The van der Waals surface area contributed by atoms with Gasteiger partial charge in [-0.3, -0.25) is 0 Å². The molecule has 2 heterocycles. The number of nitrogens with zero attached hydrogens (tertiary/aromatic N) is 3. The minimum atomic E-state index is -0.329. The van der Waals surface area contributed by atoms with Crippen LogP contribution in [0.3, 0.4) is 0 Å². The number of rotatable bonds is 4. The zero-order chi connectivity index (χ0) is 13.1. The molecule has 0 spiro atoms. The Hall–Kier alpha value is -1.88. The van der Waals surface area contributed by atoms with Gasteiger partial charge in [0.1, 0.15) is 5.82 Å². The molecular weight excluding hydrogens is 230 g/mol. The molecule has 2 aromatic rings. The zero-order valence-corrected chi connectivity index (χ0v) is 10.9. The first-order valence-electron chi connectivity index (χ1n) is 5.81. The lowest BCUT2D eigenvalue weighted by molar-refractivity contribution is 0.0600. The number of ether oxygens (including phenoxy) is 1. The third kappa shape index (κ3) is 2.51. The lowest BCUT2D eigenvalue weighted by Crippen LogP contribution is -2.16. The minimum absolute atomic E-state index is 0.329. The quantitative estimate of drug-likeness (QED) is 0.762. The van der Waals surface area contributed by atoms with Crippen LogP contribution in [-0.2, 0) is 11.2 Å². The number of hydrogen-bond acceptors (Lipinski definition) is 4. The fraction of sp³-hybridized carbons (Fsp3) is 0.385. The van der Waals surface area contributed by atoms with E-state index >= 15 is 0 Å². The number of imidazole rings is 1. The summed E-state index contributed by atoms with van der Waals surface area (Å²) in [6.45, 7) is 0.918. The van der Waals surface area contributed by atoms with Gasteiger partial charge in [-0.05, 0) is 26.2 Å². The Morgan fingerprint density at radius 1 is 1.44 bits per heavy atom. The SMILES string of the molecule is COC(=O)c1ccc2cnc(CCN(C)C)n2c1. The zero-order valence-electron chi connectivity index (χ0n) is 10.9. The number of likely N-dealkylation sites (N-methyl/N-ethyl adjacent to an activating group) is 1. The summed E-state index contributed by atoms with van der Waals surface area (Å²) in [5.41, 5.74) is 1.52. The molecule has 0 unspecified atom stereocenters. The fourth-order valence-electron chi connectivity index (χ4n) is 1.79. The van der Waals surface area contributed by atoms with Gasteiger partial charge in [-0.2, -0.15) is 0 Å². The summed E-state index contributed by atoms with van der Waals surface area (Å²) in [6, 6.07) is 3.62. The standard InChI is InChI=1S/C13H17N3O2/c1-15(2)7-6-12-14-8-11-5-4-10(9-16(11)12)13(17)18-3/h4-5,8-9H,6-7H2,1-3H3. The number of carbonyl (C=O) groups excluding carboxylic acids is 1. The van der Waals surface area contributed by atoms with Crippen LogP contribution in [0.5, 0.6) is 0 Å². The van der Waals surface area contributed by atoms with Crippen LogP contribution in [0.15, 0.2) is 24.5 Å². The summed E-state index contributed by atoms with van der Waals surface area (Å²) in [5.74, 6) is 0.619. The smallest absolute Gasteiger partial charge is 0.339 e. The van der Waals surface area contributed by atoms with Crippen LogP contribution in [-0.4, -0.2) is 48.0 Å². The van der Waals surface area contributed by atoms with Gasteiger partial charge in [0.15, 0.2) is 0 Å². The summed E-state index contributed by atoms with van der Waals surface area (Å²) in [6.07, 6.45) is 4.43. The van der Waals surface area contributed by atoms with Gasteiger partial charge >= 0.3 is 5.97 Å². The highest BCUT2D eigenvalue weighted by molar-refractivity contribution is 5.89. The van der Waals surface area contributed by atoms with E-state index in [0.29, 0.717) is 5.56 Å². The van der Waals surface area contributed by atoms with Crippen LogP contribution in [0, 0.1) is 0 Å². The van der Waals surface area contributed by atoms with Crippen LogP contribution in [0.2, 0.25) is 0 Å². The summed E-state index contributed by atoms with van der Waals surface area (Å²) >= 11 is 0. The maximum absolute atomic E-state index is 11.5. The third-order valence-electron chi connectivity index (χ3n) is 2.81. The number of esters is 1. The van der Waals surface area contributed by atoms with Crippen LogP contribution < -0.4 is 0 Å². The van der Waals surface area contributed by atoms with Gasteiger partial charge < -0.3 is 14.0 Å². The lowest BCUT2D eigenvalue weighted by Gasteiger charge is -2.08. The van der Waals surface area contributed by atoms with E-state index in [2.05, 4.69) is 9.88 Å². The normalized spacial score (nSPS) is 11.1. The minimum Gasteiger partial charge on any atom is -0.465 e. The first-order valence-corrected chi connectivity index (χ1v) is 5.81. The summed E-state index contributed by atoms with van der Waals surface area (Å²) in [5, 5.41) is 0. The van der Waals surface area contributed by atoms with Crippen molar-refractivity contribution in [2.24, 2.45) is 0 Å². The molecule has 0 bridgehead atoms. The Labute approximate surface area is 106 Å². The number of pyridine rings is 1. The van der Waals surface area contributed by atoms with Gasteiger partial charge in [0, 0.05) is 19.2 Å². The molecule has 0 saturated carbocycles. The topological polar surface area (TPSA) is 46.8 Å². The number of fused-ring (bicyclic) bond motifs is 1. The lowest BCUT2D eigenvalue weighted by atomic mass is 10.2. The van der Waals surface area contributed by atoms with Crippen molar-refractivity contribution in [2.45, 2.75) is 6.42 Å². The third-order valence-corrected chi connectivity index (χ3v) is 2.81. The van der Waals surface area contributed by atoms with Gasteiger partial charge in [-0.15, -0.1) is 0 Å². The largest absolute Gasteiger partial charge is 0.465 e. The summed E-state index contributed by atoms with van der Waals surface area (Å²) < 4.78 is 6.66. The molecule has 0 aliphatic carbocycles. The van der Waals surface area contributed by atoms with Crippen molar-refractivity contribution in [1.29, 1.82) is 0 Å². The monoisotopic (exact) mass is 247 g/mol. The van der Waals surface area contributed by atoms with Gasteiger partial charge in [0.2, 0.25) is 0 Å². The van der Waals surface area contributed by atoms with E-state index in [1.54, 1.807) is 12.3 Å². The molecule has 2 rings (SSSR count). The molecule has 0 radical (unpaired) electrons. The number of methoxy groups -OCH3 is 1. The highest BCUT2D eigenvalue weighted by Gasteiger charge is 2.09. The molecule has 0 aliphatic rings.